The van der Waals surface area contributed by atoms with E-state index in [0.717, 1.165) is 11.3 Å². The molecule has 0 bridgehead atoms. The number of methoxy groups -OCH3 is 1. The fraction of sp³-hybridized carbons (Fsp3) is 0.400. The maximum Gasteiger partial charge on any atom is 0.337 e. The van der Waals surface area contributed by atoms with Crippen molar-refractivity contribution in [1.29, 1.82) is 0 Å². The van der Waals surface area contributed by atoms with Crippen molar-refractivity contribution in [3.63, 3.8) is 0 Å². The van der Waals surface area contributed by atoms with Crippen LogP contribution < -0.4 is 5.32 Å². The molecule has 1 unspecified atom stereocenters. The summed E-state index contributed by atoms with van der Waals surface area (Å²) in [5.74, 6) is 0.185. The van der Waals surface area contributed by atoms with Gasteiger partial charge in [0.15, 0.2) is 0 Å². The van der Waals surface area contributed by atoms with E-state index in [1.165, 1.54) is 7.11 Å². The number of benzene rings is 1. The van der Waals surface area contributed by atoms with Crippen LogP contribution in [0.5, 0.6) is 0 Å². The van der Waals surface area contributed by atoms with Crippen molar-refractivity contribution in [3.8, 4) is 11.3 Å². The Labute approximate surface area is 153 Å². The summed E-state index contributed by atoms with van der Waals surface area (Å²) >= 11 is 0. The molecule has 0 radical (unpaired) electrons. The van der Waals surface area contributed by atoms with Crippen LogP contribution in [0.15, 0.2) is 40.8 Å². The quantitative estimate of drug-likeness (QED) is 0.666. The minimum absolute atomic E-state index is 0.334. The molecule has 0 aliphatic carbocycles. The molecule has 1 atom stereocenters. The van der Waals surface area contributed by atoms with Crippen molar-refractivity contribution >= 4 is 11.9 Å². The van der Waals surface area contributed by atoms with Crippen LogP contribution in [-0.2, 0) is 16.1 Å². The van der Waals surface area contributed by atoms with E-state index in [1.54, 1.807) is 24.3 Å². The van der Waals surface area contributed by atoms with Gasteiger partial charge < -0.3 is 19.6 Å². The zero-order chi connectivity index (χ0) is 19.1. The SMILES string of the molecule is COC(=O)c1ccc(-c2ccc(CNCC(CC(C)C)C(=O)O)o2)cc1. The summed E-state index contributed by atoms with van der Waals surface area (Å²) in [5, 5.41) is 12.4. The van der Waals surface area contributed by atoms with Gasteiger partial charge in [0.05, 0.1) is 25.1 Å². The molecule has 0 saturated heterocycles. The highest BCUT2D eigenvalue weighted by atomic mass is 16.5. The van der Waals surface area contributed by atoms with E-state index in [2.05, 4.69) is 10.1 Å². The standard InChI is InChI=1S/C20H25NO5/c1-13(2)10-16(19(22)23)11-21-12-17-8-9-18(26-17)14-4-6-15(7-5-14)20(24)25-3/h4-9,13,16,21H,10-12H2,1-3H3,(H,22,23). The molecule has 0 spiro atoms. The molecule has 0 aliphatic heterocycles. The number of esters is 1. The zero-order valence-corrected chi connectivity index (χ0v) is 15.3. The van der Waals surface area contributed by atoms with Crippen molar-refractivity contribution in [2.75, 3.05) is 13.7 Å². The lowest BCUT2D eigenvalue weighted by atomic mass is 9.97. The molecule has 0 aliphatic rings. The maximum absolute atomic E-state index is 11.5. The number of hydrogen-bond donors (Lipinski definition) is 2. The van der Waals surface area contributed by atoms with Crippen LogP contribution in [0.3, 0.4) is 0 Å². The van der Waals surface area contributed by atoms with Gasteiger partial charge in [-0.2, -0.15) is 0 Å². The average Bonchev–Trinajstić information content (AvgIpc) is 3.08. The van der Waals surface area contributed by atoms with Crippen LogP contribution in [0.25, 0.3) is 11.3 Å². The first kappa shape index (κ1) is 19.7. The molecular formula is C20H25NO5. The Morgan fingerprint density at radius 2 is 1.85 bits per heavy atom. The van der Waals surface area contributed by atoms with E-state index in [1.807, 2.05) is 26.0 Å². The predicted octanol–water partition coefficient (Wildman–Crippen LogP) is 3.57. The molecular weight excluding hydrogens is 334 g/mol. The smallest absolute Gasteiger partial charge is 0.337 e. The van der Waals surface area contributed by atoms with Gasteiger partial charge in [-0.25, -0.2) is 4.79 Å². The first-order valence-corrected chi connectivity index (χ1v) is 8.61. The number of nitrogens with one attached hydrogen (secondary N) is 1. The van der Waals surface area contributed by atoms with Gasteiger partial charge in [0, 0.05) is 12.1 Å². The second-order valence-corrected chi connectivity index (χ2v) is 6.63. The van der Waals surface area contributed by atoms with E-state index < -0.39 is 11.9 Å². The predicted molar refractivity (Wildman–Crippen MR) is 97.8 cm³/mol. The van der Waals surface area contributed by atoms with Gasteiger partial charge in [-0.1, -0.05) is 26.0 Å². The first-order chi connectivity index (χ1) is 12.4. The number of rotatable bonds is 9. The minimum Gasteiger partial charge on any atom is -0.481 e. The number of ether oxygens (including phenoxy) is 1. The molecule has 1 aromatic carbocycles. The molecule has 140 valence electrons. The molecule has 26 heavy (non-hydrogen) atoms. The topological polar surface area (TPSA) is 88.8 Å². The fourth-order valence-electron chi connectivity index (χ4n) is 2.73. The van der Waals surface area contributed by atoms with Gasteiger partial charge in [0.1, 0.15) is 11.5 Å². The molecule has 1 aromatic heterocycles. The van der Waals surface area contributed by atoms with Crippen molar-refractivity contribution in [1.82, 2.24) is 5.32 Å². The number of carboxylic acids is 1. The van der Waals surface area contributed by atoms with Gasteiger partial charge in [-0.05, 0) is 36.6 Å². The highest BCUT2D eigenvalue weighted by Crippen LogP contribution is 2.23. The number of carbonyl (C=O) groups excluding carboxylic acids is 1. The van der Waals surface area contributed by atoms with E-state index in [4.69, 9.17) is 4.42 Å². The lowest BCUT2D eigenvalue weighted by molar-refractivity contribution is -0.142. The summed E-state index contributed by atoms with van der Waals surface area (Å²) in [6.45, 7) is 4.89. The van der Waals surface area contributed by atoms with Crippen molar-refractivity contribution in [3.05, 3.63) is 47.7 Å². The van der Waals surface area contributed by atoms with Crippen LogP contribution in [0, 0.1) is 11.8 Å². The molecule has 6 heteroatoms. The Morgan fingerprint density at radius 1 is 1.15 bits per heavy atom. The fourth-order valence-corrected chi connectivity index (χ4v) is 2.73. The molecule has 0 amide bonds. The Hall–Kier alpha value is -2.60. The summed E-state index contributed by atoms with van der Waals surface area (Å²) in [7, 11) is 1.35. The summed E-state index contributed by atoms with van der Waals surface area (Å²) in [4.78, 5) is 22.7. The summed E-state index contributed by atoms with van der Waals surface area (Å²) in [6.07, 6.45) is 0.637. The summed E-state index contributed by atoms with van der Waals surface area (Å²) < 4.78 is 10.5. The molecule has 2 N–H and O–H groups in total. The summed E-state index contributed by atoms with van der Waals surface area (Å²) in [5.41, 5.74) is 1.33. The first-order valence-electron chi connectivity index (χ1n) is 8.61. The minimum atomic E-state index is -0.781. The highest BCUT2D eigenvalue weighted by molar-refractivity contribution is 5.89. The third-order valence-electron chi connectivity index (χ3n) is 4.05. The average molecular weight is 359 g/mol. The zero-order valence-electron chi connectivity index (χ0n) is 15.3. The largest absolute Gasteiger partial charge is 0.481 e. The molecule has 0 fully saturated rings. The number of carboxylic acid groups (broad SMARTS) is 1. The third-order valence-corrected chi connectivity index (χ3v) is 4.05. The number of carbonyl (C=O) groups is 2. The maximum atomic E-state index is 11.5. The highest BCUT2D eigenvalue weighted by Gasteiger charge is 2.18. The second-order valence-electron chi connectivity index (χ2n) is 6.63. The molecule has 1 heterocycles. The van der Waals surface area contributed by atoms with Gasteiger partial charge in [0.25, 0.3) is 0 Å². The number of hydrogen-bond acceptors (Lipinski definition) is 5. The third kappa shape index (κ3) is 5.46. The van der Waals surface area contributed by atoms with E-state index in [0.29, 0.717) is 36.8 Å². The van der Waals surface area contributed by atoms with Crippen molar-refractivity contribution < 1.29 is 23.8 Å². The normalized spacial score (nSPS) is 12.2. The van der Waals surface area contributed by atoms with Gasteiger partial charge >= 0.3 is 11.9 Å². The van der Waals surface area contributed by atoms with Crippen LogP contribution in [0.4, 0.5) is 0 Å². The van der Waals surface area contributed by atoms with Crippen LogP contribution in [-0.4, -0.2) is 30.7 Å². The van der Waals surface area contributed by atoms with E-state index in [-0.39, 0.29) is 5.97 Å². The van der Waals surface area contributed by atoms with Crippen molar-refractivity contribution in [2.45, 2.75) is 26.8 Å². The second kappa shape index (κ2) is 9.20. The Bertz CT molecular complexity index is 733. The molecule has 6 nitrogen and oxygen atoms in total. The van der Waals surface area contributed by atoms with Crippen LogP contribution in [0.2, 0.25) is 0 Å². The van der Waals surface area contributed by atoms with Gasteiger partial charge in [-0.3, -0.25) is 4.79 Å². The number of furan rings is 1. The Kier molecular flexibility index (Phi) is 6.97. The van der Waals surface area contributed by atoms with Crippen LogP contribution in [0.1, 0.15) is 36.4 Å². The summed E-state index contributed by atoms with van der Waals surface area (Å²) in [6, 6.07) is 10.7. The molecule has 2 rings (SSSR count). The van der Waals surface area contributed by atoms with E-state index >= 15 is 0 Å². The Morgan fingerprint density at radius 3 is 2.42 bits per heavy atom. The molecule has 2 aromatic rings. The Balaban J connectivity index is 1.93. The van der Waals surface area contributed by atoms with Crippen LogP contribution >= 0.6 is 0 Å². The molecule has 0 saturated carbocycles. The van der Waals surface area contributed by atoms with E-state index in [9.17, 15) is 14.7 Å². The lowest BCUT2D eigenvalue weighted by Crippen LogP contribution is -2.29. The number of aliphatic carboxylic acids is 1. The van der Waals surface area contributed by atoms with Gasteiger partial charge in [0.2, 0.25) is 0 Å². The van der Waals surface area contributed by atoms with Gasteiger partial charge in [-0.15, -0.1) is 0 Å². The lowest BCUT2D eigenvalue weighted by Gasteiger charge is -2.14. The van der Waals surface area contributed by atoms with Crippen molar-refractivity contribution in [2.24, 2.45) is 11.8 Å². The monoisotopic (exact) mass is 359 g/mol.